The number of aromatic hydroxyl groups is 2. The Morgan fingerprint density at radius 2 is 1.06 bits per heavy atom. The predicted octanol–water partition coefficient (Wildman–Crippen LogP) is 7.86. The summed E-state index contributed by atoms with van der Waals surface area (Å²) in [5.41, 5.74) is 1.86. The minimum absolute atomic E-state index is 0.180. The highest BCUT2D eigenvalue weighted by Crippen LogP contribution is 2.30. The van der Waals surface area contributed by atoms with Crippen molar-refractivity contribution in [3.8, 4) is 11.5 Å². The molecule has 0 aliphatic rings. The molecule has 0 fully saturated rings. The summed E-state index contributed by atoms with van der Waals surface area (Å²) in [6.45, 7) is 2.72. The van der Waals surface area contributed by atoms with E-state index in [1.807, 2.05) is 24.3 Å². The summed E-state index contributed by atoms with van der Waals surface area (Å²) in [7, 11) is 0. The number of carbonyl (C=O) groups is 1. The van der Waals surface area contributed by atoms with Crippen LogP contribution in [0.3, 0.4) is 0 Å². The van der Waals surface area contributed by atoms with Gasteiger partial charge in [0.15, 0.2) is 0 Å². The number of hydrogen-bond acceptors (Lipinski definition) is 4. The molecule has 2 aromatic carbocycles. The largest absolute Gasteiger partial charge is 0.508 e. The summed E-state index contributed by atoms with van der Waals surface area (Å²) >= 11 is 0. The van der Waals surface area contributed by atoms with E-state index in [0.717, 1.165) is 24.0 Å². The Morgan fingerprint density at radius 3 is 1.48 bits per heavy atom. The first kappa shape index (κ1) is 26.8. The Morgan fingerprint density at radius 1 is 0.667 bits per heavy atom. The number of rotatable bonds is 17. The molecule has 33 heavy (non-hydrogen) atoms. The van der Waals surface area contributed by atoms with E-state index in [-0.39, 0.29) is 29.8 Å². The topological polar surface area (TPSA) is 66.8 Å². The van der Waals surface area contributed by atoms with Crippen LogP contribution in [-0.2, 0) is 9.53 Å². The van der Waals surface area contributed by atoms with Gasteiger partial charge in [0.1, 0.15) is 11.5 Å². The van der Waals surface area contributed by atoms with Crippen LogP contribution in [0.5, 0.6) is 11.5 Å². The third-order valence-corrected chi connectivity index (χ3v) is 6.22. The first-order chi connectivity index (χ1) is 16.1. The van der Waals surface area contributed by atoms with Crippen LogP contribution in [0.1, 0.15) is 107 Å². The average Bonchev–Trinajstić information content (AvgIpc) is 2.82. The Balaban J connectivity index is 1.64. The van der Waals surface area contributed by atoms with Gasteiger partial charge >= 0.3 is 5.97 Å². The van der Waals surface area contributed by atoms with Gasteiger partial charge in [-0.05, 0) is 41.8 Å². The number of unbranched alkanes of at least 4 members (excludes halogenated alkanes) is 11. The molecule has 0 saturated heterocycles. The highest BCUT2D eigenvalue weighted by Gasteiger charge is 2.19. The van der Waals surface area contributed by atoms with Crippen LogP contribution in [0.15, 0.2) is 48.5 Å². The second-order valence-electron chi connectivity index (χ2n) is 9.05. The normalized spacial score (nSPS) is 11.1. The molecular weight excluding hydrogens is 412 g/mol. The molecule has 4 nitrogen and oxygen atoms in total. The number of ether oxygens (including phenoxy) is 1. The Kier molecular flexibility index (Phi) is 13.1. The van der Waals surface area contributed by atoms with Gasteiger partial charge in [0.05, 0.1) is 13.0 Å². The second kappa shape index (κ2) is 16.2. The SMILES string of the molecule is CCCCCCCCCCCCCCOC(=O)CC(c1ccc(O)cc1)c1ccc(O)cc1. The number of hydrogen-bond donors (Lipinski definition) is 2. The summed E-state index contributed by atoms with van der Waals surface area (Å²) in [5, 5.41) is 19.2. The standard InChI is InChI=1S/C29H42O4/c1-2-3-4-5-6-7-8-9-10-11-12-13-22-33-29(32)23-28(24-14-18-26(30)19-15-24)25-16-20-27(31)21-17-25/h14-21,28,30-31H,2-13,22-23H2,1H3. The molecule has 0 bridgehead atoms. The van der Waals surface area contributed by atoms with Crippen molar-refractivity contribution in [3.05, 3.63) is 59.7 Å². The van der Waals surface area contributed by atoms with Gasteiger partial charge < -0.3 is 14.9 Å². The molecular formula is C29H42O4. The number of phenolic OH excluding ortho intramolecular Hbond substituents is 2. The smallest absolute Gasteiger partial charge is 0.306 e. The van der Waals surface area contributed by atoms with Crippen LogP contribution in [0.2, 0.25) is 0 Å². The van der Waals surface area contributed by atoms with Crippen LogP contribution in [0.4, 0.5) is 0 Å². The molecule has 2 N–H and O–H groups in total. The second-order valence-corrected chi connectivity index (χ2v) is 9.05. The zero-order chi connectivity index (χ0) is 23.7. The Bertz CT molecular complexity index is 722. The Hall–Kier alpha value is -2.49. The lowest BCUT2D eigenvalue weighted by atomic mass is 9.88. The molecule has 0 aliphatic carbocycles. The third-order valence-electron chi connectivity index (χ3n) is 6.22. The van der Waals surface area contributed by atoms with Crippen LogP contribution < -0.4 is 0 Å². The summed E-state index contributed by atoms with van der Waals surface area (Å²) in [4.78, 5) is 12.5. The number of benzene rings is 2. The molecule has 182 valence electrons. The summed E-state index contributed by atoms with van der Waals surface area (Å²) in [6.07, 6.45) is 15.6. The summed E-state index contributed by atoms with van der Waals surface area (Å²) in [5.74, 6) is -0.0135. The van der Waals surface area contributed by atoms with Gasteiger partial charge in [0, 0.05) is 5.92 Å². The fourth-order valence-corrected chi connectivity index (χ4v) is 4.20. The van der Waals surface area contributed by atoms with E-state index < -0.39 is 0 Å². The number of esters is 1. The zero-order valence-electron chi connectivity index (χ0n) is 20.3. The van der Waals surface area contributed by atoms with E-state index in [4.69, 9.17) is 4.74 Å². The van der Waals surface area contributed by atoms with Crippen molar-refractivity contribution in [1.82, 2.24) is 0 Å². The quantitative estimate of drug-likeness (QED) is 0.188. The van der Waals surface area contributed by atoms with Gasteiger partial charge in [0.25, 0.3) is 0 Å². The third kappa shape index (κ3) is 11.3. The molecule has 0 heterocycles. The van der Waals surface area contributed by atoms with Crippen molar-refractivity contribution in [3.63, 3.8) is 0 Å². The minimum Gasteiger partial charge on any atom is -0.508 e. The lowest BCUT2D eigenvalue weighted by Crippen LogP contribution is -2.12. The highest BCUT2D eigenvalue weighted by molar-refractivity contribution is 5.71. The molecule has 0 atom stereocenters. The van der Waals surface area contributed by atoms with Gasteiger partial charge in [-0.3, -0.25) is 4.79 Å². The summed E-state index contributed by atoms with van der Waals surface area (Å²) < 4.78 is 5.52. The number of phenols is 2. The fraction of sp³-hybridized carbons (Fsp3) is 0.552. The monoisotopic (exact) mass is 454 g/mol. The average molecular weight is 455 g/mol. The lowest BCUT2D eigenvalue weighted by molar-refractivity contribution is -0.144. The summed E-state index contributed by atoms with van der Waals surface area (Å²) in [6, 6.07) is 13.8. The van der Waals surface area contributed by atoms with Crippen molar-refractivity contribution in [2.45, 2.75) is 96.3 Å². The fourth-order valence-electron chi connectivity index (χ4n) is 4.20. The minimum atomic E-state index is -0.218. The maximum Gasteiger partial charge on any atom is 0.306 e. The first-order valence-electron chi connectivity index (χ1n) is 12.8. The maximum absolute atomic E-state index is 12.5. The van der Waals surface area contributed by atoms with Crippen molar-refractivity contribution in [1.29, 1.82) is 0 Å². The van der Waals surface area contributed by atoms with Gasteiger partial charge in [0.2, 0.25) is 0 Å². The molecule has 0 radical (unpaired) electrons. The lowest BCUT2D eigenvalue weighted by Gasteiger charge is -2.18. The first-order valence-corrected chi connectivity index (χ1v) is 12.8. The predicted molar refractivity (Wildman–Crippen MR) is 135 cm³/mol. The highest BCUT2D eigenvalue weighted by atomic mass is 16.5. The van der Waals surface area contributed by atoms with Crippen LogP contribution in [0.25, 0.3) is 0 Å². The molecule has 0 unspecified atom stereocenters. The van der Waals surface area contributed by atoms with Crippen molar-refractivity contribution < 1.29 is 19.7 Å². The molecule has 0 amide bonds. The van der Waals surface area contributed by atoms with E-state index in [1.165, 1.54) is 64.2 Å². The van der Waals surface area contributed by atoms with E-state index in [9.17, 15) is 15.0 Å². The molecule has 0 saturated carbocycles. The van der Waals surface area contributed by atoms with E-state index >= 15 is 0 Å². The van der Waals surface area contributed by atoms with E-state index in [0.29, 0.717) is 6.61 Å². The van der Waals surface area contributed by atoms with Crippen LogP contribution in [0, 0.1) is 0 Å². The molecule has 0 aliphatic heterocycles. The molecule has 0 spiro atoms. The van der Waals surface area contributed by atoms with Gasteiger partial charge in [-0.2, -0.15) is 0 Å². The van der Waals surface area contributed by atoms with Gasteiger partial charge in [-0.1, -0.05) is 102 Å². The van der Waals surface area contributed by atoms with Crippen molar-refractivity contribution >= 4 is 5.97 Å². The van der Waals surface area contributed by atoms with Gasteiger partial charge in [-0.15, -0.1) is 0 Å². The molecule has 4 heteroatoms. The van der Waals surface area contributed by atoms with Crippen molar-refractivity contribution in [2.24, 2.45) is 0 Å². The maximum atomic E-state index is 12.5. The van der Waals surface area contributed by atoms with Crippen molar-refractivity contribution in [2.75, 3.05) is 6.61 Å². The van der Waals surface area contributed by atoms with E-state index in [1.54, 1.807) is 24.3 Å². The molecule has 0 aromatic heterocycles. The van der Waals surface area contributed by atoms with Crippen LogP contribution >= 0.6 is 0 Å². The zero-order valence-corrected chi connectivity index (χ0v) is 20.3. The Labute approximate surface area is 200 Å². The number of carbonyl (C=O) groups excluding carboxylic acids is 1. The molecule has 2 rings (SSSR count). The van der Waals surface area contributed by atoms with E-state index in [2.05, 4.69) is 6.92 Å². The van der Waals surface area contributed by atoms with Crippen LogP contribution in [-0.4, -0.2) is 22.8 Å². The van der Waals surface area contributed by atoms with Gasteiger partial charge in [-0.25, -0.2) is 0 Å². The molecule has 2 aromatic rings.